The lowest BCUT2D eigenvalue weighted by molar-refractivity contribution is 0.0876. The molecule has 0 radical (unpaired) electrons. The molecule has 1 aromatic carbocycles. The van der Waals surface area contributed by atoms with E-state index < -0.39 is 11.4 Å². The van der Waals surface area contributed by atoms with E-state index in [2.05, 4.69) is 30.7 Å². The van der Waals surface area contributed by atoms with Crippen LogP contribution >= 0.6 is 11.6 Å². The number of aryl methyl sites for hydroxylation is 2. The summed E-state index contributed by atoms with van der Waals surface area (Å²) in [5.74, 6) is 0.615. The van der Waals surface area contributed by atoms with E-state index in [1.165, 1.54) is 6.26 Å². The first-order valence-corrected chi connectivity index (χ1v) is 10.2. The maximum Gasteiger partial charge on any atom is 0.307 e. The second-order valence-corrected chi connectivity index (χ2v) is 8.25. The molecule has 4 aromatic rings. The van der Waals surface area contributed by atoms with Gasteiger partial charge in [-0.3, -0.25) is 9.48 Å². The van der Waals surface area contributed by atoms with Gasteiger partial charge in [-0.1, -0.05) is 23.7 Å². The van der Waals surface area contributed by atoms with Crippen molar-refractivity contribution in [3.05, 3.63) is 71.0 Å². The lowest BCUT2D eigenvalue weighted by Crippen LogP contribution is -2.41. The SMILES string of the molecule is Cc1cnc(Nc2ccnn2C)nc1-c1coc(C(=O)NC(C)(C)c2cccc(Cl)c2)n1. The number of nitrogens with one attached hydrogen (secondary N) is 2. The second-order valence-electron chi connectivity index (χ2n) is 7.82. The van der Waals surface area contributed by atoms with Crippen molar-refractivity contribution < 1.29 is 9.21 Å². The number of anilines is 2. The van der Waals surface area contributed by atoms with Gasteiger partial charge in [0.05, 0.1) is 11.7 Å². The van der Waals surface area contributed by atoms with Gasteiger partial charge in [0.15, 0.2) is 0 Å². The molecule has 0 fully saturated rings. The van der Waals surface area contributed by atoms with Crippen LogP contribution in [-0.4, -0.2) is 30.6 Å². The zero-order chi connectivity index (χ0) is 22.9. The van der Waals surface area contributed by atoms with Gasteiger partial charge in [0, 0.05) is 24.3 Å². The van der Waals surface area contributed by atoms with Crippen LogP contribution in [0.1, 0.15) is 35.7 Å². The molecule has 0 saturated heterocycles. The van der Waals surface area contributed by atoms with Crippen molar-refractivity contribution in [3.63, 3.8) is 0 Å². The topological polar surface area (TPSA) is 111 Å². The number of benzene rings is 1. The minimum Gasteiger partial charge on any atom is -0.440 e. The van der Waals surface area contributed by atoms with Crippen molar-refractivity contribution in [3.8, 4) is 11.4 Å². The first-order chi connectivity index (χ1) is 15.2. The molecule has 4 rings (SSSR count). The van der Waals surface area contributed by atoms with Gasteiger partial charge in [0.2, 0.25) is 5.95 Å². The molecule has 0 aliphatic heterocycles. The van der Waals surface area contributed by atoms with Crippen molar-refractivity contribution in [1.82, 2.24) is 30.0 Å². The molecule has 0 saturated carbocycles. The zero-order valence-corrected chi connectivity index (χ0v) is 18.8. The summed E-state index contributed by atoms with van der Waals surface area (Å²) in [6.45, 7) is 5.62. The van der Waals surface area contributed by atoms with E-state index in [-0.39, 0.29) is 5.89 Å². The fraction of sp³-hybridized carbons (Fsp3) is 0.227. The zero-order valence-electron chi connectivity index (χ0n) is 18.0. The summed E-state index contributed by atoms with van der Waals surface area (Å²) in [6.07, 6.45) is 4.76. The van der Waals surface area contributed by atoms with E-state index in [1.54, 1.807) is 23.1 Å². The molecule has 0 spiro atoms. The molecule has 0 bridgehead atoms. The Balaban J connectivity index is 1.55. The molecular formula is C22H22ClN7O2. The van der Waals surface area contributed by atoms with Gasteiger partial charge in [-0.05, 0) is 44.0 Å². The summed E-state index contributed by atoms with van der Waals surface area (Å²) in [5.41, 5.74) is 1.97. The highest BCUT2D eigenvalue weighted by atomic mass is 35.5. The van der Waals surface area contributed by atoms with Crippen LogP contribution in [0.15, 0.2) is 53.4 Å². The standard InChI is InChI=1S/C22H22ClN7O2/c1-13-11-24-21(27-17-8-9-25-30(17)4)28-18(13)16-12-32-20(26-16)19(31)29-22(2,3)14-6-5-7-15(23)10-14/h5-12H,1-4H3,(H,29,31)(H,24,27,28). The molecule has 32 heavy (non-hydrogen) atoms. The van der Waals surface area contributed by atoms with E-state index in [0.29, 0.717) is 22.4 Å². The third-order valence-corrected chi connectivity index (χ3v) is 5.18. The fourth-order valence-electron chi connectivity index (χ4n) is 3.15. The third-order valence-electron chi connectivity index (χ3n) is 4.95. The predicted molar refractivity (Wildman–Crippen MR) is 121 cm³/mol. The highest BCUT2D eigenvalue weighted by Crippen LogP contribution is 2.25. The number of halogens is 1. The predicted octanol–water partition coefficient (Wildman–Crippen LogP) is 4.24. The van der Waals surface area contributed by atoms with Crippen LogP contribution in [0.2, 0.25) is 5.02 Å². The highest BCUT2D eigenvalue weighted by Gasteiger charge is 2.26. The monoisotopic (exact) mass is 451 g/mol. The average molecular weight is 452 g/mol. The van der Waals surface area contributed by atoms with Gasteiger partial charge in [0.1, 0.15) is 23.5 Å². The van der Waals surface area contributed by atoms with Crippen LogP contribution in [0.3, 0.4) is 0 Å². The van der Waals surface area contributed by atoms with Crippen molar-refractivity contribution in [2.45, 2.75) is 26.3 Å². The lowest BCUT2D eigenvalue weighted by atomic mass is 9.94. The minimum atomic E-state index is -0.679. The second kappa shape index (κ2) is 8.43. The summed E-state index contributed by atoms with van der Waals surface area (Å²) < 4.78 is 7.13. The summed E-state index contributed by atoms with van der Waals surface area (Å²) in [5, 5.41) is 10.7. The van der Waals surface area contributed by atoms with Gasteiger partial charge in [-0.2, -0.15) is 5.10 Å². The Kier molecular flexibility index (Phi) is 5.67. The maximum atomic E-state index is 12.8. The summed E-state index contributed by atoms with van der Waals surface area (Å²) in [4.78, 5) is 26.0. The summed E-state index contributed by atoms with van der Waals surface area (Å²) in [7, 11) is 1.81. The molecule has 3 aromatic heterocycles. The first kappa shape index (κ1) is 21.5. The Hall–Kier alpha value is -3.72. The van der Waals surface area contributed by atoms with E-state index in [1.807, 2.05) is 52.1 Å². The molecule has 0 atom stereocenters. The number of hydrogen-bond donors (Lipinski definition) is 2. The Morgan fingerprint density at radius 1 is 1.22 bits per heavy atom. The Morgan fingerprint density at radius 3 is 2.75 bits per heavy atom. The third kappa shape index (κ3) is 4.47. The lowest BCUT2D eigenvalue weighted by Gasteiger charge is -2.26. The number of oxazole rings is 1. The van der Waals surface area contributed by atoms with Crippen molar-refractivity contribution in [1.29, 1.82) is 0 Å². The van der Waals surface area contributed by atoms with E-state index >= 15 is 0 Å². The fourth-order valence-corrected chi connectivity index (χ4v) is 3.34. The largest absolute Gasteiger partial charge is 0.440 e. The Bertz CT molecular complexity index is 1280. The highest BCUT2D eigenvalue weighted by molar-refractivity contribution is 6.30. The number of carbonyl (C=O) groups excluding carboxylic acids is 1. The van der Waals surface area contributed by atoms with Gasteiger partial charge in [0.25, 0.3) is 5.89 Å². The minimum absolute atomic E-state index is 0.0609. The van der Waals surface area contributed by atoms with Gasteiger partial charge in [-0.25, -0.2) is 15.0 Å². The maximum absolute atomic E-state index is 12.8. The number of aromatic nitrogens is 5. The molecule has 3 heterocycles. The molecule has 1 amide bonds. The van der Waals surface area contributed by atoms with Crippen molar-refractivity contribution >= 4 is 29.3 Å². The van der Waals surface area contributed by atoms with Crippen LogP contribution in [0.25, 0.3) is 11.4 Å². The van der Waals surface area contributed by atoms with E-state index in [4.69, 9.17) is 16.0 Å². The van der Waals surface area contributed by atoms with Crippen LogP contribution in [-0.2, 0) is 12.6 Å². The Morgan fingerprint density at radius 2 is 2.03 bits per heavy atom. The van der Waals surface area contributed by atoms with Crippen molar-refractivity contribution in [2.75, 3.05) is 5.32 Å². The van der Waals surface area contributed by atoms with Gasteiger partial charge >= 0.3 is 5.91 Å². The molecule has 9 nitrogen and oxygen atoms in total. The number of hydrogen-bond acceptors (Lipinski definition) is 7. The van der Waals surface area contributed by atoms with E-state index in [0.717, 1.165) is 16.9 Å². The van der Waals surface area contributed by atoms with Crippen LogP contribution in [0, 0.1) is 6.92 Å². The smallest absolute Gasteiger partial charge is 0.307 e. The van der Waals surface area contributed by atoms with Gasteiger partial charge < -0.3 is 15.1 Å². The van der Waals surface area contributed by atoms with Crippen molar-refractivity contribution in [2.24, 2.45) is 7.05 Å². The number of rotatable bonds is 6. The van der Waals surface area contributed by atoms with E-state index in [9.17, 15) is 4.79 Å². The molecule has 0 aliphatic carbocycles. The molecule has 164 valence electrons. The number of amides is 1. The van der Waals surface area contributed by atoms with Crippen LogP contribution in [0.4, 0.5) is 11.8 Å². The number of carbonyl (C=O) groups is 1. The molecule has 10 heteroatoms. The number of nitrogens with zero attached hydrogens (tertiary/aromatic N) is 5. The van der Waals surface area contributed by atoms with Gasteiger partial charge in [-0.15, -0.1) is 0 Å². The summed E-state index contributed by atoms with van der Waals surface area (Å²) >= 11 is 6.09. The molecule has 0 aliphatic rings. The molecular weight excluding hydrogens is 430 g/mol. The summed E-state index contributed by atoms with van der Waals surface area (Å²) in [6, 6.07) is 9.13. The van der Waals surface area contributed by atoms with Crippen LogP contribution < -0.4 is 10.6 Å². The Labute approximate surface area is 189 Å². The quantitative estimate of drug-likeness (QED) is 0.451. The average Bonchev–Trinajstić information content (AvgIpc) is 3.39. The normalized spacial score (nSPS) is 11.4. The molecule has 0 unspecified atom stereocenters. The first-order valence-electron chi connectivity index (χ1n) is 9.86. The molecule has 2 N–H and O–H groups in total. The van der Waals surface area contributed by atoms with Crippen LogP contribution in [0.5, 0.6) is 0 Å².